The second-order valence-corrected chi connectivity index (χ2v) is 4.46. The van der Waals surface area contributed by atoms with Crippen LogP contribution in [0.3, 0.4) is 0 Å². The van der Waals surface area contributed by atoms with E-state index in [-0.39, 0.29) is 5.41 Å². The van der Waals surface area contributed by atoms with E-state index < -0.39 is 0 Å². The molecule has 1 N–H and O–H groups in total. The molecule has 0 aromatic heterocycles. The lowest BCUT2D eigenvalue weighted by Gasteiger charge is -2.32. The van der Waals surface area contributed by atoms with Gasteiger partial charge in [-0.15, -0.1) is 0 Å². The lowest BCUT2D eigenvalue weighted by Crippen LogP contribution is -2.26. The van der Waals surface area contributed by atoms with E-state index in [4.69, 9.17) is 0 Å². The van der Waals surface area contributed by atoms with Crippen LogP contribution in [-0.2, 0) is 0 Å². The fourth-order valence-electron chi connectivity index (χ4n) is 2.16. The Bertz CT molecular complexity index is 108. The van der Waals surface area contributed by atoms with Crippen molar-refractivity contribution in [1.29, 1.82) is 0 Å². The van der Waals surface area contributed by atoms with Gasteiger partial charge in [-0.3, -0.25) is 0 Å². The molecular weight excluding hydrogens is 160 g/mol. The molecular formula is C12H26O. The Labute approximate surface area is 83.5 Å². The van der Waals surface area contributed by atoms with E-state index in [9.17, 15) is 5.11 Å². The zero-order valence-corrected chi connectivity index (χ0v) is 9.77. The van der Waals surface area contributed by atoms with Crippen LogP contribution in [0.2, 0.25) is 0 Å². The average Bonchev–Trinajstić information content (AvgIpc) is 2.15. The molecule has 0 fully saturated rings. The first-order valence-corrected chi connectivity index (χ1v) is 5.75. The van der Waals surface area contributed by atoms with Crippen LogP contribution in [0, 0.1) is 11.3 Å². The highest BCUT2D eigenvalue weighted by molar-refractivity contribution is 4.77. The standard InChI is InChI=1S/C12H26O/c1-5-8-11(4)9-12(6-2,7-3)10-13/h11,13H,5-10H2,1-4H3. The summed E-state index contributed by atoms with van der Waals surface area (Å²) in [6.07, 6.45) is 5.95. The SMILES string of the molecule is CCCC(C)CC(CC)(CC)CO. The van der Waals surface area contributed by atoms with Gasteiger partial charge in [0.2, 0.25) is 0 Å². The molecule has 0 aliphatic heterocycles. The van der Waals surface area contributed by atoms with E-state index in [1.54, 1.807) is 0 Å². The van der Waals surface area contributed by atoms with E-state index in [1.165, 1.54) is 19.3 Å². The first-order valence-electron chi connectivity index (χ1n) is 5.75. The van der Waals surface area contributed by atoms with E-state index in [2.05, 4.69) is 27.7 Å². The van der Waals surface area contributed by atoms with Crippen LogP contribution in [0.4, 0.5) is 0 Å². The highest BCUT2D eigenvalue weighted by Crippen LogP contribution is 2.34. The molecule has 13 heavy (non-hydrogen) atoms. The van der Waals surface area contributed by atoms with E-state index in [0.29, 0.717) is 6.61 Å². The van der Waals surface area contributed by atoms with Gasteiger partial charge >= 0.3 is 0 Å². The minimum Gasteiger partial charge on any atom is -0.396 e. The van der Waals surface area contributed by atoms with E-state index in [1.807, 2.05) is 0 Å². The molecule has 1 atom stereocenters. The molecule has 1 nitrogen and oxygen atoms in total. The van der Waals surface area contributed by atoms with Gasteiger partial charge in [0.25, 0.3) is 0 Å². The van der Waals surface area contributed by atoms with Gasteiger partial charge < -0.3 is 5.11 Å². The molecule has 0 bridgehead atoms. The number of rotatable bonds is 7. The molecule has 0 heterocycles. The minimum absolute atomic E-state index is 0.203. The Morgan fingerprint density at radius 2 is 1.69 bits per heavy atom. The minimum atomic E-state index is 0.203. The van der Waals surface area contributed by atoms with Gasteiger partial charge in [-0.05, 0) is 30.6 Å². The maximum atomic E-state index is 9.39. The highest BCUT2D eigenvalue weighted by Gasteiger charge is 2.26. The zero-order chi connectivity index (χ0) is 10.3. The maximum absolute atomic E-state index is 9.39. The van der Waals surface area contributed by atoms with Crippen LogP contribution in [0.5, 0.6) is 0 Å². The van der Waals surface area contributed by atoms with Gasteiger partial charge in [0, 0.05) is 6.61 Å². The summed E-state index contributed by atoms with van der Waals surface area (Å²) in [6.45, 7) is 9.28. The Hall–Kier alpha value is -0.0400. The smallest absolute Gasteiger partial charge is 0.0487 e. The zero-order valence-electron chi connectivity index (χ0n) is 9.77. The molecule has 1 unspecified atom stereocenters. The van der Waals surface area contributed by atoms with Crippen LogP contribution in [0.25, 0.3) is 0 Å². The fraction of sp³-hybridized carbons (Fsp3) is 1.00. The number of hydrogen-bond acceptors (Lipinski definition) is 1. The normalized spacial score (nSPS) is 14.5. The Morgan fingerprint density at radius 3 is 2.00 bits per heavy atom. The molecule has 0 spiro atoms. The lowest BCUT2D eigenvalue weighted by atomic mass is 9.75. The predicted octanol–water partition coefficient (Wildman–Crippen LogP) is 3.61. The molecule has 0 aliphatic carbocycles. The van der Waals surface area contributed by atoms with E-state index >= 15 is 0 Å². The van der Waals surface area contributed by atoms with Gasteiger partial charge in [-0.1, -0.05) is 40.5 Å². The van der Waals surface area contributed by atoms with Crippen molar-refractivity contribution in [1.82, 2.24) is 0 Å². The molecule has 0 saturated carbocycles. The summed E-state index contributed by atoms with van der Waals surface area (Å²) in [7, 11) is 0. The molecule has 0 rings (SSSR count). The summed E-state index contributed by atoms with van der Waals surface area (Å²) in [5.41, 5.74) is 0.203. The molecule has 0 aliphatic rings. The predicted molar refractivity (Wildman–Crippen MR) is 58.8 cm³/mol. The quantitative estimate of drug-likeness (QED) is 0.644. The van der Waals surface area contributed by atoms with Crippen LogP contribution in [-0.4, -0.2) is 11.7 Å². The second-order valence-electron chi connectivity index (χ2n) is 4.46. The van der Waals surface area contributed by atoms with Gasteiger partial charge in [0.15, 0.2) is 0 Å². The van der Waals surface area contributed by atoms with Crippen molar-refractivity contribution in [3.63, 3.8) is 0 Å². The van der Waals surface area contributed by atoms with Crippen molar-refractivity contribution < 1.29 is 5.11 Å². The van der Waals surface area contributed by atoms with Crippen molar-refractivity contribution >= 4 is 0 Å². The average molecular weight is 186 g/mol. The maximum Gasteiger partial charge on any atom is 0.0487 e. The summed E-state index contributed by atoms with van der Waals surface area (Å²) >= 11 is 0. The molecule has 0 amide bonds. The topological polar surface area (TPSA) is 20.2 Å². The summed E-state index contributed by atoms with van der Waals surface area (Å²) < 4.78 is 0. The molecule has 0 radical (unpaired) electrons. The van der Waals surface area contributed by atoms with Crippen molar-refractivity contribution in [3.8, 4) is 0 Å². The summed E-state index contributed by atoms with van der Waals surface area (Å²) in [4.78, 5) is 0. The Balaban J connectivity index is 4.07. The first kappa shape index (κ1) is 13.0. The van der Waals surface area contributed by atoms with Gasteiger partial charge in [-0.2, -0.15) is 0 Å². The number of hydrogen-bond donors (Lipinski definition) is 1. The molecule has 0 saturated heterocycles. The van der Waals surface area contributed by atoms with Crippen molar-refractivity contribution in [2.24, 2.45) is 11.3 Å². The van der Waals surface area contributed by atoms with Gasteiger partial charge in [0.1, 0.15) is 0 Å². The summed E-state index contributed by atoms with van der Waals surface area (Å²) in [5, 5.41) is 9.39. The highest BCUT2D eigenvalue weighted by atomic mass is 16.3. The number of aliphatic hydroxyl groups excluding tert-OH is 1. The molecule has 0 aromatic carbocycles. The second kappa shape index (κ2) is 6.42. The Kier molecular flexibility index (Phi) is 6.40. The van der Waals surface area contributed by atoms with Gasteiger partial charge in [-0.25, -0.2) is 0 Å². The Morgan fingerprint density at radius 1 is 1.15 bits per heavy atom. The van der Waals surface area contributed by atoms with Crippen molar-refractivity contribution in [2.75, 3.05) is 6.61 Å². The number of aliphatic hydroxyl groups is 1. The lowest BCUT2D eigenvalue weighted by molar-refractivity contribution is 0.0872. The van der Waals surface area contributed by atoms with Crippen molar-refractivity contribution in [2.45, 2.75) is 59.8 Å². The molecule has 1 heteroatoms. The molecule has 80 valence electrons. The van der Waals surface area contributed by atoms with Crippen LogP contribution in [0.15, 0.2) is 0 Å². The van der Waals surface area contributed by atoms with Crippen LogP contribution in [0.1, 0.15) is 59.8 Å². The third kappa shape index (κ3) is 4.12. The van der Waals surface area contributed by atoms with Crippen molar-refractivity contribution in [3.05, 3.63) is 0 Å². The third-order valence-electron chi connectivity index (χ3n) is 3.40. The largest absolute Gasteiger partial charge is 0.396 e. The third-order valence-corrected chi connectivity index (χ3v) is 3.40. The summed E-state index contributed by atoms with van der Waals surface area (Å²) in [6, 6.07) is 0. The monoisotopic (exact) mass is 186 g/mol. The first-order chi connectivity index (χ1) is 6.14. The molecule has 0 aromatic rings. The van der Waals surface area contributed by atoms with Gasteiger partial charge in [0.05, 0.1) is 0 Å². The van der Waals surface area contributed by atoms with E-state index in [0.717, 1.165) is 18.8 Å². The summed E-state index contributed by atoms with van der Waals surface area (Å²) in [5.74, 6) is 0.761. The van der Waals surface area contributed by atoms with Crippen LogP contribution >= 0.6 is 0 Å². The van der Waals surface area contributed by atoms with Crippen LogP contribution < -0.4 is 0 Å². The fourth-order valence-corrected chi connectivity index (χ4v) is 2.16.